The molecule has 1 aliphatic carbocycles. The van der Waals surface area contributed by atoms with Gasteiger partial charge in [-0.1, -0.05) is 47.3 Å². The van der Waals surface area contributed by atoms with Crippen molar-refractivity contribution in [1.29, 1.82) is 0 Å². The first kappa shape index (κ1) is 26.1. The zero-order chi connectivity index (χ0) is 24.7. The zero-order valence-corrected chi connectivity index (χ0v) is 22.1. The van der Waals surface area contributed by atoms with E-state index in [9.17, 15) is 9.59 Å². The van der Waals surface area contributed by atoms with Gasteiger partial charge in [-0.05, 0) is 74.6 Å². The molecule has 184 valence electrons. The van der Waals surface area contributed by atoms with Crippen molar-refractivity contribution >= 4 is 27.7 Å². The average molecular weight is 531 g/mol. The van der Waals surface area contributed by atoms with Gasteiger partial charge in [0, 0.05) is 17.1 Å². The van der Waals surface area contributed by atoms with Gasteiger partial charge in [0.2, 0.25) is 5.91 Å². The van der Waals surface area contributed by atoms with Gasteiger partial charge in [-0.2, -0.15) is 0 Å². The van der Waals surface area contributed by atoms with E-state index in [0.29, 0.717) is 11.5 Å². The minimum Gasteiger partial charge on any atom is -0.497 e. The van der Waals surface area contributed by atoms with E-state index < -0.39 is 6.04 Å². The van der Waals surface area contributed by atoms with Gasteiger partial charge in [0.1, 0.15) is 17.5 Å². The van der Waals surface area contributed by atoms with E-state index in [1.807, 2.05) is 50.2 Å². The van der Waals surface area contributed by atoms with E-state index in [-0.39, 0.29) is 31.0 Å². The van der Waals surface area contributed by atoms with Crippen LogP contribution in [-0.4, -0.2) is 42.5 Å². The van der Waals surface area contributed by atoms with Crippen molar-refractivity contribution in [3.05, 3.63) is 57.6 Å². The lowest BCUT2D eigenvalue weighted by Crippen LogP contribution is -2.51. The van der Waals surface area contributed by atoms with Crippen molar-refractivity contribution < 1.29 is 19.1 Å². The fourth-order valence-corrected chi connectivity index (χ4v) is 4.57. The van der Waals surface area contributed by atoms with Crippen LogP contribution in [0.25, 0.3) is 0 Å². The Hall–Kier alpha value is -2.54. The molecule has 0 bridgehead atoms. The van der Waals surface area contributed by atoms with Crippen molar-refractivity contribution in [2.24, 2.45) is 0 Å². The third-order valence-corrected chi connectivity index (χ3v) is 7.63. The number of hydrogen-bond acceptors (Lipinski definition) is 4. The zero-order valence-electron chi connectivity index (χ0n) is 20.5. The molecule has 34 heavy (non-hydrogen) atoms. The second kappa shape index (κ2) is 12.2. The molecule has 3 rings (SSSR count). The molecule has 7 heteroatoms. The Kier molecular flexibility index (Phi) is 9.39. The first-order valence-electron chi connectivity index (χ1n) is 11.9. The van der Waals surface area contributed by atoms with Crippen LogP contribution >= 0.6 is 15.9 Å². The van der Waals surface area contributed by atoms with Gasteiger partial charge in [-0.25, -0.2) is 0 Å². The number of ether oxygens (including phenoxy) is 2. The predicted molar refractivity (Wildman–Crippen MR) is 137 cm³/mol. The van der Waals surface area contributed by atoms with Crippen LogP contribution in [0.1, 0.15) is 55.7 Å². The van der Waals surface area contributed by atoms with Crippen LogP contribution in [0.15, 0.2) is 40.9 Å². The maximum absolute atomic E-state index is 13.3. The average Bonchev–Trinajstić information content (AvgIpc) is 2.84. The molecule has 0 heterocycles. The quantitative estimate of drug-likeness (QED) is 0.476. The number of carbonyl (C=O) groups is 2. The summed E-state index contributed by atoms with van der Waals surface area (Å²) in [6.45, 7) is 5.89. The number of carbonyl (C=O) groups excluding carboxylic acids is 2. The van der Waals surface area contributed by atoms with Gasteiger partial charge in [0.25, 0.3) is 5.91 Å². The Balaban J connectivity index is 1.75. The number of methoxy groups -OCH3 is 1. The highest BCUT2D eigenvalue weighted by Crippen LogP contribution is 2.26. The van der Waals surface area contributed by atoms with Crippen LogP contribution in [0.2, 0.25) is 0 Å². The summed E-state index contributed by atoms with van der Waals surface area (Å²) >= 11 is 3.56. The van der Waals surface area contributed by atoms with Crippen molar-refractivity contribution in [1.82, 2.24) is 10.2 Å². The van der Waals surface area contributed by atoms with E-state index in [2.05, 4.69) is 21.2 Å². The summed E-state index contributed by atoms with van der Waals surface area (Å²) in [4.78, 5) is 28.0. The lowest BCUT2D eigenvalue weighted by atomic mass is 9.95. The number of benzene rings is 2. The molecule has 1 N–H and O–H groups in total. The lowest BCUT2D eigenvalue weighted by molar-refractivity contribution is -0.142. The van der Waals surface area contributed by atoms with Crippen molar-refractivity contribution in [2.45, 2.75) is 71.5 Å². The van der Waals surface area contributed by atoms with Crippen molar-refractivity contribution in [2.75, 3.05) is 13.7 Å². The second-order valence-corrected chi connectivity index (χ2v) is 9.85. The maximum atomic E-state index is 13.3. The Labute approximate surface area is 211 Å². The van der Waals surface area contributed by atoms with Crippen LogP contribution in [0.3, 0.4) is 0 Å². The molecule has 2 amide bonds. The van der Waals surface area contributed by atoms with Gasteiger partial charge in [0.15, 0.2) is 6.61 Å². The summed E-state index contributed by atoms with van der Waals surface area (Å²) in [5.74, 6) is 0.972. The van der Waals surface area contributed by atoms with E-state index in [1.54, 1.807) is 18.9 Å². The summed E-state index contributed by atoms with van der Waals surface area (Å²) in [5, 5.41) is 3.15. The highest BCUT2D eigenvalue weighted by Gasteiger charge is 2.28. The Morgan fingerprint density at radius 1 is 1.09 bits per heavy atom. The SMILES string of the molecule is COc1cccc(CN(C(=O)COc2cc(C)c(Br)c(C)c2)[C@@H](C)C(=O)NC2CCCCC2)c1. The molecule has 0 aliphatic heterocycles. The monoisotopic (exact) mass is 530 g/mol. The summed E-state index contributed by atoms with van der Waals surface area (Å²) in [6, 6.07) is 10.9. The highest BCUT2D eigenvalue weighted by molar-refractivity contribution is 9.10. The van der Waals surface area contributed by atoms with E-state index in [4.69, 9.17) is 9.47 Å². The number of hydrogen-bond donors (Lipinski definition) is 1. The number of halogens is 1. The molecule has 1 atom stereocenters. The standard InChI is InChI=1S/C27H35BrN2O4/c1-18-13-24(14-19(2)26(18)28)34-17-25(31)30(16-21-9-8-12-23(15-21)33-4)20(3)27(32)29-22-10-6-5-7-11-22/h8-9,12-15,20,22H,5-7,10-11,16-17H2,1-4H3,(H,29,32)/t20-/m0/s1. The second-order valence-electron chi connectivity index (χ2n) is 9.05. The topological polar surface area (TPSA) is 67.9 Å². The van der Waals surface area contributed by atoms with Gasteiger partial charge < -0.3 is 19.7 Å². The Morgan fingerprint density at radius 3 is 2.41 bits per heavy atom. The minimum absolute atomic E-state index is 0.126. The molecule has 2 aromatic rings. The van der Waals surface area contributed by atoms with Gasteiger partial charge in [0.05, 0.1) is 7.11 Å². The molecular formula is C27H35BrN2O4. The van der Waals surface area contributed by atoms with E-state index in [1.165, 1.54) is 6.42 Å². The predicted octanol–water partition coefficient (Wildman–Crippen LogP) is 5.32. The number of nitrogens with zero attached hydrogens (tertiary/aromatic N) is 1. The highest BCUT2D eigenvalue weighted by atomic mass is 79.9. The molecule has 6 nitrogen and oxygen atoms in total. The number of amides is 2. The molecule has 0 saturated heterocycles. The summed E-state index contributed by atoms with van der Waals surface area (Å²) in [6.07, 6.45) is 5.47. The van der Waals surface area contributed by atoms with Crippen LogP contribution in [0.4, 0.5) is 0 Å². The summed E-state index contributed by atoms with van der Waals surface area (Å²) in [7, 11) is 1.61. The first-order chi connectivity index (χ1) is 16.3. The lowest BCUT2D eigenvalue weighted by Gasteiger charge is -2.31. The number of rotatable bonds is 9. The third-order valence-electron chi connectivity index (χ3n) is 6.38. The smallest absolute Gasteiger partial charge is 0.261 e. The largest absolute Gasteiger partial charge is 0.497 e. The van der Waals surface area contributed by atoms with Crippen LogP contribution in [-0.2, 0) is 16.1 Å². The van der Waals surface area contributed by atoms with Crippen molar-refractivity contribution in [3.63, 3.8) is 0 Å². The van der Waals surface area contributed by atoms with Crippen LogP contribution < -0.4 is 14.8 Å². The third kappa shape index (κ3) is 6.98. The normalized spacial score (nSPS) is 14.9. The molecule has 2 aromatic carbocycles. The minimum atomic E-state index is -0.627. The van der Waals surface area contributed by atoms with Crippen molar-refractivity contribution in [3.8, 4) is 11.5 Å². The molecule has 0 unspecified atom stereocenters. The van der Waals surface area contributed by atoms with Crippen LogP contribution in [0.5, 0.6) is 11.5 Å². The molecule has 0 spiro atoms. The number of nitrogens with one attached hydrogen (secondary N) is 1. The molecular weight excluding hydrogens is 496 g/mol. The molecule has 1 fully saturated rings. The first-order valence-corrected chi connectivity index (χ1v) is 12.7. The molecule has 0 radical (unpaired) electrons. The molecule has 1 aliphatic rings. The number of aryl methyl sites for hydroxylation is 2. The Morgan fingerprint density at radius 2 is 1.76 bits per heavy atom. The summed E-state index contributed by atoms with van der Waals surface area (Å²) < 4.78 is 12.2. The Bertz CT molecular complexity index is 981. The van der Waals surface area contributed by atoms with E-state index >= 15 is 0 Å². The fraction of sp³-hybridized carbons (Fsp3) is 0.481. The maximum Gasteiger partial charge on any atom is 0.261 e. The molecule has 0 aromatic heterocycles. The van der Waals surface area contributed by atoms with Gasteiger partial charge in [-0.3, -0.25) is 9.59 Å². The molecule has 1 saturated carbocycles. The fourth-order valence-electron chi connectivity index (χ4n) is 4.34. The van der Waals surface area contributed by atoms with E-state index in [0.717, 1.165) is 46.8 Å². The van der Waals surface area contributed by atoms with Crippen LogP contribution in [0, 0.1) is 13.8 Å². The summed E-state index contributed by atoms with van der Waals surface area (Å²) in [5.41, 5.74) is 2.96. The van der Waals surface area contributed by atoms with Gasteiger partial charge in [-0.15, -0.1) is 0 Å². The van der Waals surface area contributed by atoms with Gasteiger partial charge >= 0.3 is 0 Å².